The lowest BCUT2D eigenvalue weighted by Gasteiger charge is -2.25. The molecule has 21 heavy (non-hydrogen) atoms. The van der Waals surface area contributed by atoms with Crippen LogP contribution in [0.1, 0.15) is 31.4 Å². The van der Waals surface area contributed by atoms with E-state index in [1.165, 1.54) is 0 Å². The number of esters is 1. The first kappa shape index (κ1) is 15.8. The summed E-state index contributed by atoms with van der Waals surface area (Å²) in [6, 6.07) is 7.14. The third-order valence-corrected chi connectivity index (χ3v) is 3.81. The van der Waals surface area contributed by atoms with Crippen LogP contribution in [0, 0.1) is 0 Å². The number of methoxy groups -OCH3 is 1. The summed E-state index contributed by atoms with van der Waals surface area (Å²) < 4.78 is 10.3. The van der Waals surface area contributed by atoms with Crippen LogP contribution in [0.15, 0.2) is 24.3 Å². The van der Waals surface area contributed by atoms with Crippen LogP contribution in [0.5, 0.6) is 5.75 Å². The summed E-state index contributed by atoms with van der Waals surface area (Å²) in [7, 11) is 1.60. The fourth-order valence-electron chi connectivity index (χ4n) is 2.73. The number of nitrogens with zero attached hydrogens (tertiary/aromatic N) is 1. The lowest BCUT2D eigenvalue weighted by Crippen LogP contribution is -2.39. The average Bonchev–Trinajstić information content (AvgIpc) is 2.95. The minimum Gasteiger partial charge on any atom is -0.497 e. The van der Waals surface area contributed by atoms with Crippen LogP contribution in [0.4, 0.5) is 0 Å². The number of hydrogen-bond donors (Lipinski definition) is 1. The highest BCUT2D eigenvalue weighted by molar-refractivity contribution is 5.76. The average molecular weight is 293 g/mol. The van der Waals surface area contributed by atoms with Gasteiger partial charge in [-0.3, -0.25) is 9.69 Å². The molecule has 0 amide bonds. The normalized spacial score (nSPS) is 20.2. The molecule has 2 atom stereocenters. The highest BCUT2D eigenvalue weighted by Crippen LogP contribution is 2.24. The second-order valence-electron chi connectivity index (χ2n) is 5.20. The first-order chi connectivity index (χ1) is 10.2. The number of likely N-dealkylation sites (tertiary alicyclic amines) is 1. The summed E-state index contributed by atoms with van der Waals surface area (Å²) >= 11 is 0. The molecule has 0 aromatic heterocycles. The maximum absolute atomic E-state index is 11.9. The molecule has 0 radical (unpaired) electrons. The molecule has 0 spiro atoms. The van der Waals surface area contributed by atoms with Gasteiger partial charge in [-0.1, -0.05) is 12.1 Å². The minimum atomic E-state index is -0.643. The Morgan fingerprint density at radius 3 is 3.05 bits per heavy atom. The molecule has 5 nitrogen and oxygen atoms in total. The second-order valence-corrected chi connectivity index (χ2v) is 5.20. The fourth-order valence-corrected chi connectivity index (χ4v) is 2.73. The molecule has 0 bridgehead atoms. The largest absolute Gasteiger partial charge is 0.497 e. The molecule has 1 N–H and O–H groups in total. The van der Waals surface area contributed by atoms with Crippen molar-refractivity contribution in [2.24, 2.45) is 0 Å². The Balaban J connectivity index is 2.00. The maximum atomic E-state index is 11.9. The second kappa shape index (κ2) is 7.43. The molecular formula is C16H23NO4. The molecule has 1 heterocycles. The smallest absolute Gasteiger partial charge is 0.323 e. The van der Waals surface area contributed by atoms with Crippen molar-refractivity contribution in [3.63, 3.8) is 0 Å². The molecular weight excluding hydrogens is 270 g/mol. The Kier molecular flexibility index (Phi) is 5.59. The third-order valence-electron chi connectivity index (χ3n) is 3.81. The molecule has 1 aromatic carbocycles. The van der Waals surface area contributed by atoms with Crippen molar-refractivity contribution < 1.29 is 19.4 Å². The van der Waals surface area contributed by atoms with Crippen molar-refractivity contribution in [3.05, 3.63) is 29.8 Å². The molecule has 116 valence electrons. The summed E-state index contributed by atoms with van der Waals surface area (Å²) in [4.78, 5) is 13.9. The van der Waals surface area contributed by atoms with Crippen molar-refractivity contribution in [1.82, 2.24) is 4.90 Å². The molecule has 0 aliphatic carbocycles. The number of carbonyl (C=O) groups is 1. The van der Waals surface area contributed by atoms with E-state index in [0.717, 1.165) is 30.7 Å². The van der Waals surface area contributed by atoms with Gasteiger partial charge in [0.25, 0.3) is 0 Å². The van der Waals surface area contributed by atoms with Gasteiger partial charge in [-0.2, -0.15) is 0 Å². The number of aliphatic hydroxyl groups is 1. The predicted octanol–water partition coefficient (Wildman–Crippen LogP) is 1.76. The molecule has 1 aliphatic rings. The summed E-state index contributed by atoms with van der Waals surface area (Å²) in [6.07, 6.45) is 1.10. The molecule has 1 saturated heterocycles. The third kappa shape index (κ3) is 3.95. The zero-order valence-electron chi connectivity index (χ0n) is 12.6. The standard InChI is InChI=1S/C16H23NO4/c1-3-21-16(19)14-8-5-9-17(14)11-15(18)12-6-4-7-13(10-12)20-2/h4,6-7,10,14-15,18H,3,5,8-9,11H2,1-2H3. The summed E-state index contributed by atoms with van der Waals surface area (Å²) in [5.74, 6) is 0.530. The molecule has 1 fully saturated rings. The van der Waals surface area contributed by atoms with Crippen molar-refractivity contribution in [2.45, 2.75) is 31.9 Å². The number of rotatable bonds is 6. The predicted molar refractivity (Wildman–Crippen MR) is 79.2 cm³/mol. The van der Waals surface area contributed by atoms with Crippen molar-refractivity contribution in [1.29, 1.82) is 0 Å². The van der Waals surface area contributed by atoms with Gasteiger partial charge in [0.1, 0.15) is 11.8 Å². The van der Waals surface area contributed by atoms with Gasteiger partial charge < -0.3 is 14.6 Å². The lowest BCUT2D eigenvalue weighted by atomic mass is 10.1. The van der Waals surface area contributed by atoms with Crippen LogP contribution in [-0.2, 0) is 9.53 Å². The van der Waals surface area contributed by atoms with E-state index in [-0.39, 0.29) is 12.0 Å². The highest BCUT2D eigenvalue weighted by Gasteiger charge is 2.33. The zero-order valence-corrected chi connectivity index (χ0v) is 12.6. The first-order valence-electron chi connectivity index (χ1n) is 7.38. The maximum Gasteiger partial charge on any atom is 0.323 e. The Hall–Kier alpha value is -1.59. The van der Waals surface area contributed by atoms with E-state index in [0.29, 0.717) is 13.2 Å². The number of benzene rings is 1. The molecule has 1 aromatic rings. The number of β-amino-alcohol motifs (C(OH)–C–C–N with tert-alkyl or cyclic N) is 1. The van der Waals surface area contributed by atoms with Gasteiger partial charge in [0, 0.05) is 6.54 Å². The summed E-state index contributed by atoms with van der Waals surface area (Å²) in [6.45, 7) is 3.44. The lowest BCUT2D eigenvalue weighted by molar-refractivity contribution is -0.148. The Morgan fingerprint density at radius 1 is 1.52 bits per heavy atom. The summed E-state index contributed by atoms with van der Waals surface area (Å²) in [5, 5.41) is 10.4. The highest BCUT2D eigenvalue weighted by atomic mass is 16.5. The van der Waals surface area contributed by atoms with Gasteiger partial charge >= 0.3 is 5.97 Å². The van der Waals surface area contributed by atoms with Gasteiger partial charge in [0.2, 0.25) is 0 Å². The van der Waals surface area contributed by atoms with Gasteiger partial charge in [-0.15, -0.1) is 0 Å². The Bertz CT molecular complexity index is 477. The molecule has 1 aliphatic heterocycles. The number of carbonyl (C=O) groups excluding carboxylic acids is 1. The Labute approximate surface area is 125 Å². The van der Waals surface area contributed by atoms with Crippen molar-refractivity contribution in [3.8, 4) is 5.75 Å². The SMILES string of the molecule is CCOC(=O)C1CCCN1CC(O)c1cccc(OC)c1. The van der Waals surface area contributed by atoms with Gasteiger partial charge in [0.05, 0.1) is 19.8 Å². The van der Waals surface area contributed by atoms with Gasteiger partial charge in [-0.25, -0.2) is 0 Å². The quantitative estimate of drug-likeness (QED) is 0.810. The van der Waals surface area contributed by atoms with E-state index >= 15 is 0 Å². The number of ether oxygens (including phenoxy) is 2. The van der Waals surface area contributed by atoms with Crippen molar-refractivity contribution in [2.75, 3.05) is 26.8 Å². The van der Waals surface area contributed by atoms with E-state index in [1.54, 1.807) is 7.11 Å². The van der Waals surface area contributed by atoms with Crippen molar-refractivity contribution >= 4 is 5.97 Å². The molecule has 0 saturated carbocycles. The van der Waals surface area contributed by atoms with E-state index in [4.69, 9.17) is 9.47 Å². The molecule has 2 unspecified atom stereocenters. The van der Waals surface area contributed by atoms with Crippen LogP contribution in [0.2, 0.25) is 0 Å². The van der Waals surface area contributed by atoms with Crippen LogP contribution in [0.3, 0.4) is 0 Å². The van der Waals surface area contributed by atoms with E-state index < -0.39 is 6.10 Å². The van der Waals surface area contributed by atoms with Crippen LogP contribution >= 0.6 is 0 Å². The zero-order chi connectivity index (χ0) is 15.2. The molecule has 2 rings (SSSR count). The van der Waals surface area contributed by atoms with E-state index in [1.807, 2.05) is 36.1 Å². The van der Waals surface area contributed by atoms with E-state index in [9.17, 15) is 9.90 Å². The van der Waals surface area contributed by atoms with Crippen LogP contribution in [0.25, 0.3) is 0 Å². The Morgan fingerprint density at radius 2 is 2.33 bits per heavy atom. The summed E-state index contributed by atoms with van der Waals surface area (Å²) in [5.41, 5.74) is 0.795. The van der Waals surface area contributed by atoms with Crippen LogP contribution in [-0.4, -0.2) is 48.8 Å². The molecule has 5 heteroatoms. The monoisotopic (exact) mass is 293 g/mol. The van der Waals surface area contributed by atoms with Gasteiger partial charge in [0.15, 0.2) is 0 Å². The number of hydrogen-bond acceptors (Lipinski definition) is 5. The van der Waals surface area contributed by atoms with E-state index in [2.05, 4.69) is 0 Å². The van der Waals surface area contributed by atoms with Crippen LogP contribution < -0.4 is 4.74 Å². The minimum absolute atomic E-state index is 0.187. The fraction of sp³-hybridized carbons (Fsp3) is 0.562. The van der Waals surface area contributed by atoms with Gasteiger partial charge in [-0.05, 0) is 44.0 Å². The topological polar surface area (TPSA) is 59.0 Å². The first-order valence-corrected chi connectivity index (χ1v) is 7.38. The number of aliphatic hydroxyl groups excluding tert-OH is 1.